The van der Waals surface area contributed by atoms with Crippen molar-refractivity contribution in [3.05, 3.63) is 27.7 Å². The minimum atomic E-state index is -3.59. The van der Waals surface area contributed by atoms with Crippen LogP contribution in [0.3, 0.4) is 0 Å². The van der Waals surface area contributed by atoms with Crippen molar-refractivity contribution >= 4 is 33.2 Å². The smallest absolute Gasteiger partial charge is 0.243 e. The molecule has 1 aromatic rings. The zero-order chi connectivity index (χ0) is 15.1. The number of sulfonamides is 1. The molecule has 0 bridgehead atoms. The fourth-order valence-corrected chi connectivity index (χ4v) is 4.64. The Hall–Kier alpha value is -0.330. The summed E-state index contributed by atoms with van der Waals surface area (Å²) in [5, 5.41) is 0.594. The van der Waals surface area contributed by atoms with E-state index in [-0.39, 0.29) is 22.1 Å². The molecule has 0 N–H and O–H groups in total. The van der Waals surface area contributed by atoms with Gasteiger partial charge < -0.3 is 4.74 Å². The average molecular weight is 338 g/mol. The highest BCUT2D eigenvalue weighted by atomic mass is 35.5. The third kappa shape index (κ3) is 3.12. The van der Waals surface area contributed by atoms with Crippen LogP contribution >= 0.6 is 23.2 Å². The number of rotatable bonds is 2. The standard InChI is InChI=1S/C13H17Cl2NO3S/c1-8-4-11(14)12(15)5-13(8)20(17,18)16-6-9(2)19-10(3)7-16/h4-5,9-10H,6-7H2,1-3H3/t9-,10-/m0/s1. The topological polar surface area (TPSA) is 46.6 Å². The number of nitrogens with zero attached hydrogens (tertiary/aromatic N) is 1. The molecule has 20 heavy (non-hydrogen) atoms. The molecule has 7 heteroatoms. The van der Waals surface area contributed by atoms with E-state index in [9.17, 15) is 8.42 Å². The Morgan fingerprint density at radius 2 is 1.65 bits per heavy atom. The molecule has 2 atom stereocenters. The first-order valence-corrected chi connectivity index (χ1v) is 8.52. The van der Waals surface area contributed by atoms with Gasteiger partial charge in [-0.25, -0.2) is 8.42 Å². The second kappa shape index (κ2) is 5.81. The zero-order valence-corrected chi connectivity index (χ0v) is 13.9. The van der Waals surface area contributed by atoms with Crippen molar-refractivity contribution in [3.8, 4) is 0 Å². The molecule has 2 rings (SSSR count). The molecule has 0 aliphatic carbocycles. The number of ether oxygens (including phenoxy) is 1. The van der Waals surface area contributed by atoms with Gasteiger partial charge in [-0.3, -0.25) is 0 Å². The molecule has 1 fully saturated rings. The zero-order valence-electron chi connectivity index (χ0n) is 11.6. The van der Waals surface area contributed by atoms with Gasteiger partial charge in [-0.2, -0.15) is 4.31 Å². The maximum absolute atomic E-state index is 12.7. The van der Waals surface area contributed by atoms with E-state index in [1.807, 2.05) is 13.8 Å². The van der Waals surface area contributed by atoms with Gasteiger partial charge in [-0.1, -0.05) is 23.2 Å². The quantitative estimate of drug-likeness (QED) is 0.832. The highest BCUT2D eigenvalue weighted by Crippen LogP contribution is 2.30. The van der Waals surface area contributed by atoms with Crippen molar-refractivity contribution < 1.29 is 13.2 Å². The van der Waals surface area contributed by atoms with Crippen molar-refractivity contribution in [3.63, 3.8) is 0 Å². The van der Waals surface area contributed by atoms with Gasteiger partial charge in [0.1, 0.15) is 0 Å². The molecule has 0 saturated carbocycles. The predicted octanol–water partition coefficient (Wildman–Crippen LogP) is 3.10. The summed E-state index contributed by atoms with van der Waals surface area (Å²) in [6, 6.07) is 2.99. The maximum Gasteiger partial charge on any atom is 0.243 e. The molecule has 1 aromatic carbocycles. The lowest BCUT2D eigenvalue weighted by molar-refractivity contribution is -0.0440. The lowest BCUT2D eigenvalue weighted by Crippen LogP contribution is -2.48. The molecular weight excluding hydrogens is 321 g/mol. The molecule has 0 radical (unpaired) electrons. The molecule has 1 heterocycles. The second-order valence-corrected chi connectivity index (χ2v) is 7.83. The molecular formula is C13H17Cl2NO3S. The van der Waals surface area contributed by atoms with Crippen LogP contribution < -0.4 is 0 Å². The normalized spacial score (nSPS) is 24.9. The molecule has 1 aliphatic rings. The molecule has 0 spiro atoms. The van der Waals surface area contributed by atoms with E-state index in [1.54, 1.807) is 13.0 Å². The Morgan fingerprint density at radius 1 is 1.15 bits per heavy atom. The Kier molecular flexibility index (Phi) is 4.66. The summed E-state index contributed by atoms with van der Waals surface area (Å²) in [6.07, 6.45) is -0.256. The van der Waals surface area contributed by atoms with Gasteiger partial charge in [0.25, 0.3) is 0 Å². The first-order valence-electron chi connectivity index (χ1n) is 6.33. The van der Waals surface area contributed by atoms with Gasteiger partial charge in [0.15, 0.2) is 0 Å². The van der Waals surface area contributed by atoms with Gasteiger partial charge >= 0.3 is 0 Å². The van der Waals surface area contributed by atoms with E-state index < -0.39 is 10.0 Å². The van der Waals surface area contributed by atoms with Crippen LogP contribution in [0.5, 0.6) is 0 Å². The van der Waals surface area contributed by atoms with Crippen molar-refractivity contribution in [2.75, 3.05) is 13.1 Å². The lowest BCUT2D eigenvalue weighted by Gasteiger charge is -2.34. The van der Waals surface area contributed by atoms with Crippen molar-refractivity contribution in [2.24, 2.45) is 0 Å². The first-order chi connectivity index (χ1) is 9.21. The van der Waals surface area contributed by atoms with Crippen LogP contribution in [0.15, 0.2) is 17.0 Å². The number of hydrogen-bond donors (Lipinski definition) is 0. The SMILES string of the molecule is Cc1cc(Cl)c(Cl)cc1S(=O)(=O)N1C[C@H](C)O[C@@H](C)C1. The monoisotopic (exact) mass is 337 g/mol. The van der Waals surface area contributed by atoms with Gasteiger partial charge in [0.05, 0.1) is 27.1 Å². The van der Waals surface area contributed by atoms with Crippen molar-refractivity contribution in [1.82, 2.24) is 4.31 Å². The largest absolute Gasteiger partial charge is 0.373 e. The van der Waals surface area contributed by atoms with E-state index in [0.29, 0.717) is 23.7 Å². The fraction of sp³-hybridized carbons (Fsp3) is 0.538. The Balaban J connectivity index is 2.42. The summed E-state index contributed by atoms with van der Waals surface area (Å²) in [4.78, 5) is 0.202. The summed E-state index contributed by atoms with van der Waals surface area (Å²) in [5.41, 5.74) is 0.589. The summed E-state index contributed by atoms with van der Waals surface area (Å²) in [7, 11) is -3.59. The number of morpholine rings is 1. The predicted molar refractivity (Wildman–Crippen MR) is 80.0 cm³/mol. The molecule has 1 saturated heterocycles. The number of benzene rings is 1. The van der Waals surface area contributed by atoms with Crippen molar-refractivity contribution in [2.45, 2.75) is 37.9 Å². The van der Waals surface area contributed by atoms with E-state index >= 15 is 0 Å². The van der Waals surface area contributed by atoms with Gasteiger partial charge in [-0.05, 0) is 38.5 Å². The summed E-state index contributed by atoms with van der Waals surface area (Å²) in [6.45, 7) is 6.11. The molecule has 0 aromatic heterocycles. The van der Waals surface area contributed by atoms with Crippen LogP contribution in [0, 0.1) is 6.92 Å². The average Bonchev–Trinajstić information content (AvgIpc) is 2.32. The van der Waals surface area contributed by atoms with Crippen LogP contribution in [-0.4, -0.2) is 38.0 Å². The van der Waals surface area contributed by atoms with E-state index in [2.05, 4.69) is 0 Å². The van der Waals surface area contributed by atoms with Gasteiger partial charge in [0, 0.05) is 13.1 Å². The summed E-state index contributed by atoms with van der Waals surface area (Å²) in [5.74, 6) is 0. The highest BCUT2D eigenvalue weighted by Gasteiger charge is 2.33. The van der Waals surface area contributed by atoms with E-state index in [0.717, 1.165) is 0 Å². The Labute approximate surface area is 129 Å². The van der Waals surface area contributed by atoms with Crippen LogP contribution in [0.1, 0.15) is 19.4 Å². The number of aryl methyl sites for hydroxylation is 1. The lowest BCUT2D eigenvalue weighted by atomic mass is 10.2. The van der Waals surface area contributed by atoms with E-state index in [1.165, 1.54) is 10.4 Å². The third-order valence-corrected chi connectivity index (χ3v) is 5.92. The molecule has 0 unspecified atom stereocenters. The Morgan fingerprint density at radius 3 is 2.20 bits per heavy atom. The van der Waals surface area contributed by atoms with Crippen molar-refractivity contribution in [1.29, 1.82) is 0 Å². The number of hydrogen-bond acceptors (Lipinski definition) is 3. The van der Waals surface area contributed by atoms with Crippen LogP contribution in [0.4, 0.5) is 0 Å². The number of halogens is 2. The molecule has 1 aliphatic heterocycles. The third-order valence-electron chi connectivity index (χ3n) is 3.22. The summed E-state index contributed by atoms with van der Waals surface area (Å²) >= 11 is 11.9. The van der Waals surface area contributed by atoms with Crippen LogP contribution in [0.25, 0.3) is 0 Å². The maximum atomic E-state index is 12.7. The minimum Gasteiger partial charge on any atom is -0.373 e. The first kappa shape index (κ1) is 16.0. The van der Waals surface area contributed by atoms with Crippen LogP contribution in [0.2, 0.25) is 10.0 Å². The molecule has 4 nitrogen and oxygen atoms in total. The fourth-order valence-electron chi connectivity index (χ4n) is 2.37. The van der Waals surface area contributed by atoms with Crippen LogP contribution in [-0.2, 0) is 14.8 Å². The summed E-state index contributed by atoms with van der Waals surface area (Å²) < 4.78 is 32.5. The van der Waals surface area contributed by atoms with Gasteiger partial charge in [0.2, 0.25) is 10.0 Å². The van der Waals surface area contributed by atoms with Gasteiger partial charge in [-0.15, -0.1) is 0 Å². The second-order valence-electron chi connectivity index (χ2n) is 5.11. The Bertz CT molecular complexity index is 608. The highest BCUT2D eigenvalue weighted by molar-refractivity contribution is 7.89. The molecule has 112 valence electrons. The minimum absolute atomic E-state index is 0.128. The molecule has 0 amide bonds. The van der Waals surface area contributed by atoms with E-state index in [4.69, 9.17) is 27.9 Å².